The van der Waals surface area contributed by atoms with Crippen LogP contribution in [0.1, 0.15) is 36.5 Å². The van der Waals surface area contributed by atoms with Crippen LogP contribution >= 0.6 is 22.3 Å². The van der Waals surface area contributed by atoms with Crippen molar-refractivity contribution in [2.45, 2.75) is 31.1 Å². The minimum Gasteiger partial charge on any atom is -0.351 e. The predicted octanol–water partition coefficient (Wildman–Crippen LogP) is 3.33. The number of nitrogens with one attached hydrogen (secondary N) is 1. The summed E-state index contributed by atoms with van der Waals surface area (Å²) in [5.41, 5.74) is -0.360. The average Bonchev–Trinajstić information content (AvgIpc) is 2.32. The summed E-state index contributed by atoms with van der Waals surface area (Å²) >= 11 is 5.64. The van der Waals surface area contributed by atoms with Gasteiger partial charge in [0.2, 0.25) is 0 Å². The van der Waals surface area contributed by atoms with Gasteiger partial charge in [-0.15, -0.1) is 0 Å². The molecule has 1 aliphatic carbocycles. The lowest BCUT2D eigenvalue weighted by Gasteiger charge is -2.38. The van der Waals surface area contributed by atoms with Crippen molar-refractivity contribution >= 4 is 37.2 Å². The van der Waals surface area contributed by atoms with Crippen LogP contribution in [0.2, 0.25) is 5.02 Å². The maximum atomic E-state index is 13.8. The first-order valence-corrected chi connectivity index (χ1v) is 9.03. The Kier molecular flexibility index (Phi) is 4.52. The zero-order valence-corrected chi connectivity index (χ0v) is 13.6. The molecule has 1 aliphatic rings. The van der Waals surface area contributed by atoms with Crippen LogP contribution in [0.5, 0.6) is 0 Å². The monoisotopic (exact) mass is 353 g/mol. The highest BCUT2D eigenvalue weighted by atomic mass is 35.7. The molecule has 0 radical (unpaired) electrons. The van der Waals surface area contributed by atoms with Gasteiger partial charge >= 0.3 is 0 Å². The Bertz CT molecular complexity index is 687. The molecule has 1 saturated carbocycles. The number of hydrogen-bond donors (Lipinski definition) is 1. The van der Waals surface area contributed by atoms with Gasteiger partial charge in [0.05, 0.1) is 10.6 Å². The second kappa shape index (κ2) is 5.74. The number of carbonyl (C=O) groups is 1. The molecule has 0 heterocycles. The molecule has 1 aromatic rings. The van der Waals surface area contributed by atoms with Crippen molar-refractivity contribution in [2.24, 2.45) is 5.41 Å². The van der Waals surface area contributed by atoms with E-state index in [1.165, 1.54) is 0 Å². The third-order valence-electron chi connectivity index (χ3n) is 3.77. The lowest BCUT2D eigenvalue weighted by molar-refractivity contribution is 0.0886. The normalized spacial score (nSPS) is 17.1. The first-order valence-electron chi connectivity index (χ1n) is 6.34. The summed E-state index contributed by atoms with van der Waals surface area (Å²) in [7, 11) is 1.06. The molecule has 0 atom stereocenters. The molecule has 0 unspecified atom stereocenters. The highest BCUT2D eigenvalue weighted by Crippen LogP contribution is 2.39. The van der Waals surface area contributed by atoms with Crippen LogP contribution in [0.4, 0.5) is 4.39 Å². The van der Waals surface area contributed by atoms with Gasteiger partial charge in [-0.3, -0.25) is 4.79 Å². The molecule has 8 heteroatoms. The minimum absolute atomic E-state index is 0.0277. The lowest BCUT2D eigenvalue weighted by atomic mass is 9.70. The Morgan fingerprint density at radius 2 is 2.05 bits per heavy atom. The van der Waals surface area contributed by atoms with E-state index in [-0.39, 0.29) is 16.0 Å². The van der Waals surface area contributed by atoms with Gasteiger partial charge in [-0.2, -0.15) is 0 Å². The van der Waals surface area contributed by atoms with Gasteiger partial charge in [-0.25, -0.2) is 12.8 Å². The van der Waals surface area contributed by atoms with E-state index in [1.54, 1.807) is 0 Å². The molecular formula is C13H14Cl2FNO3S. The molecule has 0 aliphatic heterocycles. The van der Waals surface area contributed by atoms with Crippen molar-refractivity contribution in [3.8, 4) is 0 Å². The summed E-state index contributed by atoms with van der Waals surface area (Å²) in [5.74, 6) is -1.57. The van der Waals surface area contributed by atoms with Gasteiger partial charge in [0.1, 0.15) is 10.7 Å². The minimum atomic E-state index is -4.15. The van der Waals surface area contributed by atoms with Crippen LogP contribution in [0.25, 0.3) is 0 Å². The molecular weight excluding hydrogens is 340 g/mol. The standard InChI is InChI=1S/C13H14Cl2FNO3S/c1-13(3-2-4-13)7-17-12(18)8-5-11(21(15,19)20)9(14)6-10(8)16/h5-6H,2-4,7H2,1H3,(H,17,18). The number of halogens is 3. The number of benzene rings is 1. The fourth-order valence-electron chi connectivity index (χ4n) is 2.24. The predicted molar refractivity (Wildman–Crippen MR) is 78.7 cm³/mol. The Labute approximate surface area is 132 Å². The SMILES string of the molecule is CC1(CNC(=O)c2cc(S(=O)(=O)Cl)c(Cl)cc2F)CCC1. The van der Waals surface area contributed by atoms with Crippen molar-refractivity contribution in [1.82, 2.24) is 5.32 Å². The number of rotatable bonds is 4. The molecule has 0 saturated heterocycles. The maximum absolute atomic E-state index is 13.8. The highest BCUT2D eigenvalue weighted by Gasteiger charge is 2.32. The molecule has 0 bridgehead atoms. The largest absolute Gasteiger partial charge is 0.351 e. The van der Waals surface area contributed by atoms with Gasteiger partial charge in [-0.05, 0) is 30.4 Å². The summed E-state index contributed by atoms with van der Waals surface area (Å²) < 4.78 is 36.5. The summed E-state index contributed by atoms with van der Waals surface area (Å²) in [6.45, 7) is 2.44. The third-order valence-corrected chi connectivity index (χ3v) is 5.55. The number of hydrogen-bond acceptors (Lipinski definition) is 3. The Morgan fingerprint density at radius 3 is 2.52 bits per heavy atom. The van der Waals surface area contributed by atoms with E-state index < -0.39 is 25.7 Å². The van der Waals surface area contributed by atoms with Gasteiger partial charge in [0.15, 0.2) is 0 Å². The highest BCUT2D eigenvalue weighted by molar-refractivity contribution is 8.13. The summed E-state index contributed by atoms with van der Waals surface area (Å²) in [4.78, 5) is 11.5. The molecule has 21 heavy (non-hydrogen) atoms. The first kappa shape index (κ1) is 16.5. The van der Waals surface area contributed by atoms with Crippen molar-refractivity contribution in [2.75, 3.05) is 6.54 Å². The number of amides is 1. The molecule has 0 aromatic heterocycles. The molecule has 2 rings (SSSR count). The Hall–Kier alpha value is -0.850. The van der Waals surface area contributed by atoms with Gasteiger partial charge < -0.3 is 5.32 Å². The topological polar surface area (TPSA) is 63.2 Å². The van der Waals surface area contributed by atoms with Crippen LogP contribution in [0.15, 0.2) is 17.0 Å². The van der Waals surface area contributed by atoms with E-state index in [0.717, 1.165) is 31.4 Å². The number of carbonyl (C=O) groups excluding carboxylic acids is 1. The molecule has 1 amide bonds. The Morgan fingerprint density at radius 1 is 1.43 bits per heavy atom. The van der Waals surface area contributed by atoms with Crippen molar-refractivity contribution in [1.29, 1.82) is 0 Å². The summed E-state index contributed by atoms with van der Waals surface area (Å²) in [6, 6.07) is 1.63. The quantitative estimate of drug-likeness (QED) is 0.844. The summed E-state index contributed by atoms with van der Waals surface area (Å²) in [6.07, 6.45) is 3.10. The molecule has 4 nitrogen and oxygen atoms in total. The maximum Gasteiger partial charge on any atom is 0.262 e. The van der Waals surface area contributed by atoms with Crippen LogP contribution in [0.3, 0.4) is 0 Å². The van der Waals surface area contributed by atoms with Crippen LogP contribution in [-0.4, -0.2) is 20.9 Å². The molecule has 1 fully saturated rings. The Balaban J connectivity index is 2.24. The van der Waals surface area contributed by atoms with E-state index in [0.29, 0.717) is 6.54 Å². The van der Waals surface area contributed by atoms with Crippen molar-refractivity contribution < 1.29 is 17.6 Å². The van der Waals surface area contributed by atoms with Crippen LogP contribution in [0, 0.1) is 11.2 Å². The average molecular weight is 354 g/mol. The fraction of sp³-hybridized carbons (Fsp3) is 0.462. The first-order chi connectivity index (χ1) is 9.62. The molecule has 1 N–H and O–H groups in total. The zero-order valence-electron chi connectivity index (χ0n) is 11.3. The van der Waals surface area contributed by atoms with Crippen LogP contribution in [-0.2, 0) is 9.05 Å². The molecule has 1 aromatic carbocycles. The lowest BCUT2D eigenvalue weighted by Crippen LogP contribution is -2.40. The van der Waals surface area contributed by atoms with E-state index in [1.807, 2.05) is 6.92 Å². The van der Waals surface area contributed by atoms with E-state index in [4.69, 9.17) is 22.3 Å². The third kappa shape index (κ3) is 3.67. The summed E-state index contributed by atoms with van der Waals surface area (Å²) in [5, 5.41) is 2.26. The van der Waals surface area contributed by atoms with E-state index >= 15 is 0 Å². The van der Waals surface area contributed by atoms with E-state index in [2.05, 4.69) is 5.32 Å². The zero-order chi connectivity index (χ0) is 15.8. The van der Waals surface area contributed by atoms with Crippen LogP contribution < -0.4 is 5.32 Å². The fourth-order valence-corrected chi connectivity index (χ4v) is 3.74. The second-order valence-electron chi connectivity index (χ2n) is 5.55. The smallest absolute Gasteiger partial charge is 0.262 e. The molecule has 116 valence electrons. The van der Waals surface area contributed by atoms with Gasteiger partial charge in [-0.1, -0.05) is 24.9 Å². The van der Waals surface area contributed by atoms with E-state index in [9.17, 15) is 17.6 Å². The van der Waals surface area contributed by atoms with Gasteiger partial charge in [0, 0.05) is 17.2 Å². The van der Waals surface area contributed by atoms with Gasteiger partial charge in [0.25, 0.3) is 15.0 Å². The van der Waals surface area contributed by atoms with Crippen molar-refractivity contribution in [3.63, 3.8) is 0 Å². The molecule has 0 spiro atoms. The van der Waals surface area contributed by atoms with Crippen molar-refractivity contribution in [3.05, 3.63) is 28.5 Å². The second-order valence-corrected chi connectivity index (χ2v) is 8.49.